The second-order valence-corrected chi connectivity index (χ2v) is 9.25. The lowest BCUT2D eigenvalue weighted by molar-refractivity contribution is 0.0698. The molecule has 2 aromatic carbocycles. The Balaban J connectivity index is 2.05. The molecule has 31 heavy (non-hydrogen) atoms. The lowest BCUT2D eigenvalue weighted by atomic mass is 10.1. The van der Waals surface area contributed by atoms with Crippen LogP contribution < -0.4 is 9.46 Å². The van der Waals surface area contributed by atoms with Gasteiger partial charge in [-0.05, 0) is 41.8 Å². The summed E-state index contributed by atoms with van der Waals surface area (Å²) >= 11 is 0. The molecule has 7 heteroatoms. The van der Waals surface area contributed by atoms with Crippen molar-refractivity contribution in [2.75, 3.05) is 17.6 Å². The van der Waals surface area contributed by atoms with Crippen molar-refractivity contribution in [3.8, 4) is 5.75 Å². The maximum atomic E-state index is 12.4. The number of methoxy groups -OCH3 is 1. The Bertz CT molecular complexity index is 982. The fourth-order valence-corrected chi connectivity index (χ4v) is 4.33. The van der Waals surface area contributed by atoms with Crippen LogP contribution in [0, 0.1) is 0 Å². The Morgan fingerprint density at radius 1 is 0.968 bits per heavy atom. The molecule has 168 valence electrons. The number of hydrogen-bond donors (Lipinski definition) is 2. The molecule has 0 aliphatic carbocycles. The summed E-state index contributed by atoms with van der Waals surface area (Å²) in [7, 11) is -2.00. The van der Waals surface area contributed by atoms with Crippen molar-refractivity contribution >= 4 is 33.8 Å². The summed E-state index contributed by atoms with van der Waals surface area (Å²) in [6, 6.07) is 12.1. The number of anilines is 1. The topological polar surface area (TPSA) is 92.7 Å². The van der Waals surface area contributed by atoms with Gasteiger partial charge in [-0.2, -0.15) is 0 Å². The molecule has 0 bridgehead atoms. The van der Waals surface area contributed by atoms with Crippen molar-refractivity contribution in [2.45, 2.75) is 45.4 Å². The Kier molecular flexibility index (Phi) is 9.59. The van der Waals surface area contributed by atoms with Gasteiger partial charge >= 0.3 is 5.97 Å². The van der Waals surface area contributed by atoms with Gasteiger partial charge in [0.2, 0.25) is 10.0 Å². The number of carboxylic acid groups (broad SMARTS) is 1. The van der Waals surface area contributed by atoms with Crippen molar-refractivity contribution < 1.29 is 23.1 Å². The first-order chi connectivity index (χ1) is 14.8. The second kappa shape index (κ2) is 12.2. The zero-order chi connectivity index (χ0) is 22.7. The molecule has 0 heterocycles. The summed E-state index contributed by atoms with van der Waals surface area (Å²) in [6.45, 7) is 2.13. The van der Waals surface area contributed by atoms with E-state index in [1.165, 1.54) is 12.1 Å². The number of hydrogen-bond acceptors (Lipinski definition) is 4. The Labute approximate surface area is 185 Å². The molecule has 0 aliphatic rings. The molecule has 0 radical (unpaired) electrons. The third-order valence-corrected chi connectivity index (χ3v) is 6.25. The van der Waals surface area contributed by atoms with Crippen LogP contribution in [0.5, 0.6) is 5.75 Å². The van der Waals surface area contributed by atoms with Crippen LogP contribution in [0.1, 0.15) is 66.9 Å². The van der Waals surface area contributed by atoms with Crippen molar-refractivity contribution in [3.05, 3.63) is 59.2 Å². The average molecular weight is 446 g/mol. The highest BCUT2D eigenvalue weighted by molar-refractivity contribution is 7.92. The van der Waals surface area contributed by atoms with Crippen LogP contribution in [0.25, 0.3) is 12.2 Å². The number of aromatic carboxylic acids is 1. The van der Waals surface area contributed by atoms with Gasteiger partial charge in [-0.15, -0.1) is 0 Å². The summed E-state index contributed by atoms with van der Waals surface area (Å²) in [5.74, 6) is -0.447. The van der Waals surface area contributed by atoms with Crippen LogP contribution in [-0.4, -0.2) is 32.4 Å². The highest BCUT2D eigenvalue weighted by Gasteiger charge is 2.16. The average Bonchev–Trinajstić information content (AvgIpc) is 2.75. The van der Waals surface area contributed by atoms with Crippen molar-refractivity contribution in [3.63, 3.8) is 0 Å². The van der Waals surface area contributed by atoms with Crippen LogP contribution in [0.3, 0.4) is 0 Å². The molecule has 2 aromatic rings. The Hall–Kier alpha value is -2.80. The van der Waals surface area contributed by atoms with Crippen molar-refractivity contribution in [1.82, 2.24) is 0 Å². The van der Waals surface area contributed by atoms with E-state index in [4.69, 9.17) is 4.74 Å². The number of carboxylic acids is 1. The largest absolute Gasteiger partial charge is 0.497 e. The number of unbranched alkanes of at least 4 members (excludes halogenated alkanes) is 5. The van der Waals surface area contributed by atoms with Gasteiger partial charge in [0.05, 0.1) is 24.1 Å². The number of benzene rings is 2. The molecule has 0 aromatic heterocycles. The van der Waals surface area contributed by atoms with Crippen LogP contribution in [0.2, 0.25) is 0 Å². The first-order valence-electron chi connectivity index (χ1n) is 10.5. The van der Waals surface area contributed by atoms with E-state index >= 15 is 0 Å². The molecule has 2 rings (SSSR count). The highest BCUT2D eigenvalue weighted by atomic mass is 32.2. The van der Waals surface area contributed by atoms with Gasteiger partial charge in [-0.1, -0.05) is 69.4 Å². The molecule has 0 atom stereocenters. The normalized spacial score (nSPS) is 11.5. The maximum Gasteiger partial charge on any atom is 0.337 e. The molecule has 0 amide bonds. The monoisotopic (exact) mass is 445 g/mol. The minimum Gasteiger partial charge on any atom is -0.497 e. The lowest BCUT2D eigenvalue weighted by Gasteiger charge is -2.11. The van der Waals surface area contributed by atoms with Crippen molar-refractivity contribution in [2.24, 2.45) is 0 Å². The molecule has 0 unspecified atom stereocenters. The summed E-state index contributed by atoms with van der Waals surface area (Å²) in [5.41, 5.74) is 1.59. The fraction of sp³-hybridized carbons (Fsp3) is 0.375. The predicted molar refractivity (Wildman–Crippen MR) is 126 cm³/mol. The summed E-state index contributed by atoms with van der Waals surface area (Å²) < 4.78 is 32.3. The third kappa shape index (κ3) is 8.45. The van der Waals surface area contributed by atoms with E-state index in [1.807, 2.05) is 30.3 Å². The van der Waals surface area contributed by atoms with Gasteiger partial charge in [0.15, 0.2) is 0 Å². The molecular weight excluding hydrogens is 414 g/mol. The van der Waals surface area contributed by atoms with Crippen LogP contribution in [-0.2, 0) is 10.0 Å². The number of rotatable bonds is 13. The number of carbonyl (C=O) groups is 1. The summed E-state index contributed by atoms with van der Waals surface area (Å²) in [5, 5.41) is 9.55. The quantitative estimate of drug-likeness (QED) is 0.306. The molecule has 2 N–H and O–H groups in total. The zero-order valence-corrected chi connectivity index (χ0v) is 19.0. The molecule has 0 spiro atoms. The van der Waals surface area contributed by atoms with E-state index in [2.05, 4.69) is 11.6 Å². The first kappa shape index (κ1) is 24.5. The molecule has 0 saturated heterocycles. The maximum absolute atomic E-state index is 12.4. The van der Waals surface area contributed by atoms with E-state index in [0.29, 0.717) is 12.0 Å². The van der Waals surface area contributed by atoms with Crippen molar-refractivity contribution in [1.29, 1.82) is 0 Å². The molecule has 0 aliphatic heterocycles. The SMILES string of the molecule is CCCCCCCCS(=O)(=O)Nc1ccc(/C=C/c2ccc(OC)cc2)cc1C(=O)O. The minimum absolute atomic E-state index is 0.0166. The van der Waals surface area contributed by atoms with E-state index in [-0.39, 0.29) is 17.0 Å². The Morgan fingerprint density at radius 2 is 1.58 bits per heavy atom. The number of nitrogens with one attached hydrogen (secondary N) is 1. The smallest absolute Gasteiger partial charge is 0.337 e. The lowest BCUT2D eigenvalue weighted by Crippen LogP contribution is -2.18. The zero-order valence-electron chi connectivity index (χ0n) is 18.1. The molecule has 0 saturated carbocycles. The van der Waals surface area contributed by atoms with E-state index in [9.17, 15) is 18.3 Å². The molecule has 0 fully saturated rings. The van der Waals surface area contributed by atoms with E-state index in [0.717, 1.165) is 43.4 Å². The first-order valence-corrected chi connectivity index (χ1v) is 12.2. The number of sulfonamides is 1. The molecular formula is C24H31NO5S. The highest BCUT2D eigenvalue weighted by Crippen LogP contribution is 2.22. The number of ether oxygens (including phenoxy) is 1. The van der Waals surface area contributed by atoms with Gasteiger partial charge in [0.25, 0.3) is 0 Å². The van der Waals surface area contributed by atoms with Gasteiger partial charge in [-0.25, -0.2) is 13.2 Å². The van der Waals surface area contributed by atoms with Gasteiger partial charge in [0.1, 0.15) is 5.75 Å². The predicted octanol–water partition coefficient (Wildman–Crippen LogP) is 5.67. The van der Waals surface area contributed by atoms with E-state index < -0.39 is 16.0 Å². The van der Waals surface area contributed by atoms with Crippen LogP contribution in [0.4, 0.5) is 5.69 Å². The summed E-state index contributed by atoms with van der Waals surface area (Å²) in [4.78, 5) is 11.7. The standard InChI is InChI=1S/C24H31NO5S/c1-3-4-5-6-7-8-17-31(28,29)25-23-16-13-20(18-22(23)24(26)27)10-9-19-11-14-21(30-2)15-12-19/h9-16,18,25H,3-8,17H2,1-2H3,(H,26,27)/b10-9+. The van der Waals surface area contributed by atoms with Gasteiger partial charge < -0.3 is 9.84 Å². The van der Waals surface area contributed by atoms with E-state index in [1.54, 1.807) is 19.3 Å². The molecule has 6 nitrogen and oxygen atoms in total. The van der Waals surface area contributed by atoms with Gasteiger partial charge in [0, 0.05) is 0 Å². The van der Waals surface area contributed by atoms with Crippen LogP contribution in [0.15, 0.2) is 42.5 Å². The van der Waals surface area contributed by atoms with Gasteiger partial charge in [-0.3, -0.25) is 4.72 Å². The Morgan fingerprint density at radius 3 is 2.23 bits per heavy atom. The van der Waals surface area contributed by atoms with Crippen LogP contribution >= 0.6 is 0 Å². The summed E-state index contributed by atoms with van der Waals surface area (Å²) in [6.07, 6.45) is 9.46. The fourth-order valence-electron chi connectivity index (χ4n) is 3.13. The second-order valence-electron chi connectivity index (χ2n) is 7.41. The third-order valence-electron chi connectivity index (χ3n) is 4.89. The minimum atomic E-state index is -3.60.